The van der Waals surface area contributed by atoms with Gasteiger partial charge in [0, 0.05) is 10.9 Å². The molecule has 6 heteroatoms. The van der Waals surface area contributed by atoms with Gasteiger partial charge in [0.25, 0.3) is 0 Å². The van der Waals surface area contributed by atoms with Crippen LogP contribution in [0, 0.1) is 12.7 Å². The van der Waals surface area contributed by atoms with Crippen molar-refractivity contribution >= 4 is 22.4 Å². The smallest absolute Gasteiger partial charge is 0.230 e. The highest BCUT2D eigenvalue weighted by atomic mass is 32.1. The second-order valence-electron chi connectivity index (χ2n) is 5.60. The normalized spacial score (nSPS) is 10.5. The number of carbonyl (C=O) groups is 1. The number of methoxy groups -OCH3 is 1. The van der Waals surface area contributed by atoms with Crippen molar-refractivity contribution in [1.29, 1.82) is 0 Å². The number of hydrogen-bond acceptors (Lipinski definition) is 4. The molecule has 0 aliphatic rings. The van der Waals surface area contributed by atoms with E-state index < -0.39 is 5.82 Å². The fourth-order valence-corrected chi connectivity index (χ4v) is 3.08. The Morgan fingerprint density at radius 2 is 2.00 bits per heavy atom. The van der Waals surface area contributed by atoms with Crippen LogP contribution in [0.5, 0.6) is 5.75 Å². The summed E-state index contributed by atoms with van der Waals surface area (Å²) in [4.78, 5) is 16.5. The summed E-state index contributed by atoms with van der Waals surface area (Å²) in [6.45, 7) is 2.00. The fraction of sp³-hybridized carbons (Fsp3) is 0.158. The lowest BCUT2D eigenvalue weighted by Gasteiger charge is -2.04. The molecule has 1 heterocycles. The molecular weight excluding hydrogens is 339 g/mol. The zero-order valence-corrected chi connectivity index (χ0v) is 14.7. The van der Waals surface area contributed by atoms with Crippen molar-refractivity contribution in [2.45, 2.75) is 13.3 Å². The van der Waals surface area contributed by atoms with Gasteiger partial charge in [-0.2, -0.15) is 0 Å². The number of halogens is 1. The molecule has 0 fully saturated rings. The third-order valence-electron chi connectivity index (χ3n) is 3.68. The second kappa shape index (κ2) is 7.44. The van der Waals surface area contributed by atoms with E-state index in [0.29, 0.717) is 16.4 Å². The summed E-state index contributed by atoms with van der Waals surface area (Å²) >= 11 is 1.30. The fourth-order valence-electron chi connectivity index (χ4n) is 2.34. The van der Waals surface area contributed by atoms with Crippen molar-refractivity contribution in [3.63, 3.8) is 0 Å². The molecule has 0 radical (unpaired) electrons. The van der Waals surface area contributed by atoms with Gasteiger partial charge in [0.05, 0.1) is 19.2 Å². The summed E-state index contributed by atoms with van der Waals surface area (Å²) in [7, 11) is 1.42. The topological polar surface area (TPSA) is 51.2 Å². The molecule has 25 heavy (non-hydrogen) atoms. The molecule has 0 atom stereocenters. The molecule has 1 amide bonds. The third kappa shape index (κ3) is 4.22. The van der Waals surface area contributed by atoms with Gasteiger partial charge in [-0.3, -0.25) is 4.79 Å². The predicted molar refractivity (Wildman–Crippen MR) is 97.6 cm³/mol. The standard InChI is InChI=1S/C19H17FN2O2S/c1-12-3-5-13(6-4-12)9-18(23)22-19-21-16(11-25-19)14-7-8-17(24-2)15(20)10-14/h3-8,10-11H,9H2,1-2H3,(H,21,22,23). The van der Waals surface area contributed by atoms with Gasteiger partial charge in [0.2, 0.25) is 5.91 Å². The second-order valence-corrected chi connectivity index (χ2v) is 6.46. The van der Waals surface area contributed by atoms with Crippen LogP contribution in [0.15, 0.2) is 47.8 Å². The molecule has 0 aliphatic carbocycles. The first kappa shape index (κ1) is 17.1. The molecule has 4 nitrogen and oxygen atoms in total. The van der Waals surface area contributed by atoms with E-state index >= 15 is 0 Å². The van der Waals surface area contributed by atoms with Crippen molar-refractivity contribution in [1.82, 2.24) is 4.98 Å². The first-order chi connectivity index (χ1) is 12.0. The number of benzene rings is 2. The van der Waals surface area contributed by atoms with E-state index in [0.717, 1.165) is 11.1 Å². The van der Waals surface area contributed by atoms with E-state index in [9.17, 15) is 9.18 Å². The molecule has 1 N–H and O–H groups in total. The maximum atomic E-state index is 13.8. The molecule has 2 aromatic carbocycles. The van der Waals surface area contributed by atoms with Crippen LogP contribution in [0.25, 0.3) is 11.3 Å². The first-order valence-electron chi connectivity index (χ1n) is 7.70. The van der Waals surface area contributed by atoms with Crippen molar-refractivity contribution in [2.24, 2.45) is 0 Å². The number of anilines is 1. The number of carbonyl (C=O) groups excluding carboxylic acids is 1. The van der Waals surface area contributed by atoms with Crippen LogP contribution < -0.4 is 10.1 Å². The molecule has 0 aliphatic heterocycles. The monoisotopic (exact) mass is 356 g/mol. The zero-order valence-electron chi connectivity index (χ0n) is 13.9. The SMILES string of the molecule is COc1ccc(-c2csc(NC(=O)Cc3ccc(C)cc3)n2)cc1F. The van der Waals surface area contributed by atoms with Gasteiger partial charge in [0.1, 0.15) is 0 Å². The maximum absolute atomic E-state index is 13.8. The van der Waals surface area contributed by atoms with E-state index in [1.807, 2.05) is 31.2 Å². The number of ether oxygens (including phenoxy) is 1. The largest absolute Gasteiger partial charge is 0.494 e. The van der Waals surface area contributed by atoms with Crippen LogP contribution in [-0.4, -0.2) is 18.0 Å². The average Bonchev–Trinajstić information content (AvgIpc) is 3.05. The Balaban J connectivity index is 1.68. The maximum Gasteiger partial charge on any atom is 0.230 e. The van der Waals surface area contributed by atoms with Crippen LogP contribution in [0.1, 0.15) is 11.1 Å². The highest BCUT2D eigenvalue weighted by Gasteiger charge is 2.11. The molecular formula is C19H17FN2O2S. The molecule has 3 rings (SSSR count). The third-order valence-corrected chi connectivity index (χ3v) is 4.44. The van der Waals surface area contributed by atoms with Crippen molar-refractivity contribution < 1.29 is 13.9 Å². The van der Waals surface area contributed by atoms with Crippen LogP contribution in [0.3, 0.4) is 0 Å². The van der Waals surface area contributed by atoms with Gasteiger partial charge in [0.15, 0.2) is 16.7 Å². The first-order valence-corrected chi connectivity index (χ1v) is 8.58. The van der Waals surface area contributed by atoms with E-state index in [-0.39, 0.29) is 18.1 Å². The highest BCUT2D eigenvalue weighted by Crippen LogP contribution is 2.28. The molecule has 0 spiro atoms. The van der Waals surface area contributed by atoms with Crippen LogP contribution in [-0.2, 0) is 11.2 Å². The number of aryl methyl sites for hydroxylation is 1. The van der Waals surface area contributed by atoms with Crippen LogP contribution in [0.2, 0.25) is 0 Å². The highest BCUT2D eigenvalue weighted by molar-refractivity contribution is 7.14. The number of rotatable bonds is 5. The number of nitrogens with one attached hydrogen (secondary N) is 1. The Hall–Kier alpha value is -2.73. The Kier molecular flexibility index (Phi) is 5.09. The Morgan fingerprint density at radius 1 is 1.24 bits per heavy atom. The molecule has 0 saturated heterocycles. The lowest BCUT2D eigenvalue weighted by atomic mass is 10.1. The number of thiazole rings is 1. The Labute approximate surface area is 149 Å². The van der Waals surface area contributed by atoms with Crippen molar-refractivity contribution in [2.75, 3.05) is 12.4 Å². The van der Waals surface area contributed by atoms with Gasteiger partial charge >= 0.3 is 0 Å². The Bertz CT molecular complexity index is 891. The molecule has 0 unspecified atom stereocenters. The Morgan fingerprint density at radius 3 is 2.68 bits per heavy atom. The van der Waals surface area contributed by atoms with Crippen LogP contribution in [0.4, 0.5) is 9.52 Å². The quantitative estimate of drug-likeness (QED) is 0.735. The van der Waals surface area contributed by atoms with Gasteiger partial charge in [-0.05, 0) is 30.7 Å². The lowest BCUT2D eigenvalue weighted by Crippen LogP contribution is -2.14. The minimum Gasteiger partial charge on any atom is -0.494 e. The molecule has 0 bridgehead atoms. The predicted octanol–water partition coefficient (Wildman–Crippen LogP) is 4.45. The van der Waals surface area contributed by atoms with E-state index in [4.69, 9.17) is 4.74 Å². The minimum absolute atomic E-state index is 0.134. The van der Waals surface area contributed by atoms with Gasteiger partial charge in [-0.25, -0.2) is 9.37 Å². The summed E-state index contributed by atoms with van der Waals surface area (Å²) in [5.41, 5.74) is 3.34. The molecule has 0 saturated carbocycles. The van der Waals surface area contributed by atoms with Crippen molar-refractivity contribution in [3.05, 3.63) is 64.8 Å². The van der Waals surface area contributed by atoms with E-state index in [1.165, 1.54) is 24.5 Å². The number of aromatic nitrogens is 1. The summed E-state index contributed by atoms with van der Waals surface area (Å²) in [6, 6.07) is 12.5. The number of amides is 1. The minimum atomic E-state index is -0.446. The summed E-state index contributed by atoms with van der Waals surface area (Å²) in [5, 5.41) is 5.05. The molecule has 3 aromatic rings. The zero-order chi connectivity index (χ0) is 17.8. The lowest BCUT2D eigenvalue weighted by molar-refractivity contribution is -0.115. The van der Waals surface area contributed by atoms with Gasteiger partial charge in [-0.1, -0.05) is 29.8 Å². The molecule has 1 aromatic heterocycles. The molecule has 128 valence electrons. The summed E-state index contributed by atoms with van der Waals surface area (Å²) in [5.74, 6) is -0.394. The number of hydrogen-bond donors (Lipinski definition) is 1. The average molecular weight is 356 g/mol. The van der Waals surface area contributed by atoms with Crippen LogP contribution >= 0.6 is 11.3 Å². The van der Waals surface area contributed by atoms with Crippen molar-refractivity contribution in [3.8, 4) is 17.0 Å². The van der Waals surface area contributed by atoms with Gasteiger partial charge in [-0.15, -0.1) is 11.3 Å². The van der Waals surface area contributed by atoms with E-state index in [1.54, 1.807) is 17.5 Å². The van der Waals surface area contributed by atoms with E-state index in [2.05, 4.69) is 10.3 Å². The summed E-state index contributed by atoms with van der Waals surface area (Å²) in [6.07, 6.45) is 0.284. The number of nitrogens with zero attached hydrogens (tertiary/aromatic N) is 1. The van der Waals surface area contributed by atoms with Gasteiger partial charge < -0.3 is 10.1 Å². The summed E-state index contributed by atoms with van der Waals surface area (Å²) < 4.78 is 18.7.